The zero-order valence-electron chi connectivity index (χ0n) is 16.3. The van der Waals surface area contributed by atoms with Gasteiger partial charge in [-0.2, -0.15) is 9.97 Å². The third kappa shape index (κ3) is 5.50. The van der Waals surface area contributed by atoms with Crippen LogP contribution in [0.4, 0.5) is 0 Å². The molecule has 0 bridgehead atoms. The molecule has 0 radical (unpaired) electrons. The summed E-state index contributed by atoms with van der Waals surface area (Å²) in [6, 6.07) is 7.11. The number of nitrogens with zero attached hydrogens (tertiary/aromatic N) is 2. The quantitative estimate of drug-likeness (QED) is 0.505. The Bertz CT molecular complexity index is 740. The number of ether oxygens (including phenoxy) is 4. The topological polar surface area (TPSA) is 79.8 Å². The summed E-state index contributed by atoms with van der Waals surface area (Å²) in [6.07, 6.45) is 7.59. The van der Waals surface area contributed by atoms with Gasteiger partial charge in [-0.3, -0.25) is 0 Å². The summed E-state index contributed by atoms with van der Waals surface area (Å²) in [5.74, 6) is -0.0278. The zero-order chi connectivity index (χ0) is 19.8. The van der Waals surface area contributed by atoms with Gasteiger partial charge in [-0.25, -0.2) is 4.79 Å². The molecule has 3 rings (SSSR count). The first-order valence-electron chi connectivity index (χ1n) is 9.61. The lowest BCUT2D eigenvalue weighted by atomic mass is 10.1. The molecule has 2 atom stereocenters. The Kier molecular flexibility index (Phi) is 7.33. The number of methoxy groups -OCH3 is 1. The predicted octanol–water partition coefficient (Wildman–Crippen LogP) is 3.74. The Morgan fingerprint density at radius 1 is 1.11 bits per heavy atom. The summed E-state index contributed by atoms with van der Waals surface area (Å²) in [5.41, 5.74) is 1.39. The molecule has 7 nitrogen and oxygen atoms in total. The molecule has 0 aliphatic carbocycles. The lowest BCUT2D eigenvalue weighted by molar-refractivity contribution is -0.137. The van der Waals surface area contributed by atoms with Crippen molar-refractivity contribution in [2.75, 3.05) is 20.3 Å². The van der Waals surface area contributed by atoms with Gasteiger partial charge in [0.25, 0.3) is 0 Å². The molecule has 7 heteroatoms. The van der Waals surface area contributed by atoms with E-state index in [1.807, 2.05) is 12.1 Å². The second-order valence-corrected chi connectivity index (χ2v) is 6.69. The first-order chi connectivity index (χ1) is 13.7. The highest BCUT2D eigenvalue weighted by atomic mass is 16.6. The van der Waals surface area contributed by atoms with Crippen molar-refractivity contribution in [3.63, 3.8) is 0 Å². The van der Waals surface area contributed by atoms with Crippen LogP contribution in [0.15, 0.2) is 36.7 Å². The number of aromatic nitrogens is 2. The zero-order valence-corrected chi connectivity index (χ0v) is 16.3. The fourth-order valence-electron chi connectivity index (χ4n) is 2.96. The Morgan fingerprint density at radius 2 is 1.86 bits per heavy atom. The van der Waals surface area contributed by atoms with Crippen molar-refractivity contribution in [3.05, 3.63) is 47.8 Å². The number of hydrogen-bond acceptors (Lipinski definition) is 7. The Morgan fingerprint density at radius 3 is 2.46 bits per heavy atom. The van der Waals surface area contributed by atoms with Gasteiger partial charge >= 0.3 is 12.0 Å². The van der Waals surface area contributed by atoms with Gasteiger partial charge in [0.2, 0.25) is 0 Å². The average molecular weight is 386 g/mol. The smallest absolute Gasteiger partial charge is 0.345 e. The minimum atomic E-state index is -0.520. The number of rotatable bonds is 8. The lowest BCUT2D eigenvalue weighted by Gasteiger charge is -2.30. The van der Waals surface area contributed by atoms with Crippen molar-refractivity contribution in [1.29, 1.82) is 0 Å². The highest BCUT2D eigenvalue weighted by Crippen LogP contribution is 2.25. The molecular weight excluding hydrogens is 360 g/mol. The van der Waals surface area contributed by atoms with Crippen LogP contribution in [0.5, 0.6) is 11.8 Å². The van der Waals surface area contributed by atoms with Crippen LogP contribution < -0.4 is 9.47 Å². The van der Waals surface area contributed by atoms with Crippen LogP contribution in [0.3, 0.4) is 0 Å². The van der Waals surface area contributed by atoms with Crippen molar-refractivity contribution in [3.8, 4) is 11.8 Å². The minimum Gasteiger partial charge on any atom is -0.494 e. The largest absolute Gasteiger partial charge is 0.494 e. The molecule has 1 aliphatic rings. The third-order valence-corrected chi connectivity index (χ3v) is 4.64. The molecule has 2 aromatic rings. The summed E-state index contributed by atoms with van der Waals surface area (Å²) in [7, 11) is 1.51. The number of unbranched alkanes of at least 4 members (excludes halogenated alkanes) is 2. The highest BCUT2D eigenvalue weighted by Gasteiger charge is 2.23. The van der Waals surface area contributed by atoms with Gasteiger partial charge in [0, 0.05) is 0 Å². The van der Waals surface area contributed by atoms with Crippen molar-refractivity contribution < 1.29 is 23.7 Å². The van der Waals surface area contributed by atoms with E-state index in [0.717, 1.165) is 12.0 Å². The summed E-state index contributed by atoms with van der Waals surface area (Å²) in [6.45, 7) is 3.32. The van der Waals surface area contributed by atoms with E-state index in [0.29, 0.717) is 24.5 Å². The van der Waals surface area contributed by atoms with E-state index in [4.69, 9.17) is 18.9 Å². The van der Waals surface area contributed by atoms with Crippen LogP contribution in [0.2, 0.25) is 0 Å². The molecule has 1 saturated heterocycles. The number of benzene rings is 1. The molecule has 0 saturated carbocycles. The van der Waals surface area contributed by atoms with Gasteiger partial charge in [-0.05, 0) is 24.1 Å². The van der Waals surface area contributed by atoms with Crippen LogP contribution in [-0.2, 0) is 9.47 Å². The van der Waals surface area contributed by atoms with Gasteiger partial charge in [-0.15, -0.1) is 0 Å². The van der Waals surface area contributed by atoms with E-state index in [1.54, 1.807) is 12.1 Å². The second kappa shape index (κ2) is 10.1. The standard InChI is InChI=1S/C21H26N2O5/c1-3-4-5-6-17-13-27-19(14-26-17)15-7-9-16(10-8-15)20(24)28-21-22-11-18(25-2)12-23-21/h7-12,17,19H,3-6,13-14H2,1-2H3/t17-,19-/m0/s1. The molecule has 150 valence electrons. The van der Waals surface area contributed by atoms with E-state index >= 15 is 0 Å². The van der Waals surface area contributed by atoms with Crippen molar-refractivity contribution >= 4 is 5.97 Å². The highest BCUT2D eigenvalue weighted by molar-refractivity contribution is 5.90. The first-order valence-corrected chi connectivity index (χ1v) is 9.61. The lowest BCUT2D eigenvalue weighted by Crippen LogP contribution is -2.31. The second-order valence-electron chi connectivity index (χ2n) is 6.69. The summed E-state index contributed by atoms with van der Waals surface area (Å²) in [4.78, 5) is 20.1. The fraction of sp³-hybridized carbons (Fsp3) is 0.476. The van der Waals surface area contributed by atoms with Crippen molar-refractivity contribution in [1.82, 2.24) is 9.97 Å². The summed E-state index contributed by atoms with van der Waals surface area (Å²) >= 11 is 0. The molecule has 28 heavy (non-hydrogen) atoms. The van der Waals surface area contributed by atoms with E-state index in [1.165, 1.54) is 38.8 Å². The van der Waals surface area contributed by atoms with Gasteiger partial charge < -0.3 is 18.9 Å². The van der Waals surface area contributed by atoms with Gasteiger partial charge in [0.1, 0.15) is 6.10 Å². The molecule has 2 heterocycles. The maximum Gasteiger partial charge on any atom is 0.345 e. The van der Waals surface area contributed by atoms with Crippen LogP contribution in [0, 0.1) is 0 Å². The molecule has 0 unspecified atom stereocenters. The number of carbonyl (C=O) groups is 1. The molecule has 1 fully saturated rings. The third-order valence-electron chi connectivity index (χ3n) is 4.64. The average Bonchev–Trinajstić information content (AvgIpc) is 2.75. The molecule has 1 aromatic carbocycles. The number of carbonyl (C=O) groups excluding carboxylic acids is 1. The maximum atomic E-state index is 12.2. The molecule has 0 N–H and O–H groups in total. The van der Waals surface area contributed by atoms with Crippen LogP contribution in [0.1, 0.15) is 54.6 Å². The SMILES string of the molecule is CCCCC[C@H]1CO[C@H](c2ccc(C(=O)Oc3ncc(OC)cn3)cc2)CO1. The Hall–Kier alpha value is -2.51. The Labute approximate surface area is 165 Å². The normalized spacial score (nSPS) is 19.2. The van der Waals surface area contributed by atoms with Crippen LogP contribution in [-0.4, -0.2) is 42.4 Å². The van der Waals surface area contributed by atoms with Gasteiger partial charge in [0.05, 0.1) is 44.4 Å². The van der Waals surface area contributed by atoms with E-state index in [-0.39, 0.29) is 18.2 Å². The summed E-state index contributed by atoms with van der Waals surface area (Å²) in [5, 5.41) is 0. The van der Waals surface area contributed by atoms with E-state index < -0.39 is 5.97 Å². The molecule has 1 aliphatic heterocycles. The number of esters is 1. The van der Waals surface area contributed by atoms with Crippen LogP contribution in [0.25, 0.3) is 0 Å². The van der Waals surface area contributed by atoms with E-state index in [2.05, 4.69) is 16.9 Å². The monoisotopic (exact) mass is 386 g/mol. The molecule has 1 aromatic heterocycles. The number of hydrogen-bond donors (Lipinski definition) is 0. The van der Waals surface area contributed by atoms with Gasteiger partial charge in [0.15, 0.2) is 5.75 Å². The van der Waals surface area contributed by atoms with Crippen molar-refractivity contribution in [2.24, 2.45) is 0 Å². The van der Waals surface area contributed by atoms with E-state index in [9.17, 15) is 4.79 Å². The Balaban J connectivity index is 1.51. The van der Waals surface area contributed by atoms with Crippen LogP contribution >= 0.6 is 0 Å². The first kappa shape index (κ1) is 20.2. The maximum absolute atomic E-state index is 12.2. The summed E-state index contributed by atoms with van der Waals surface area (Å²) < 4.78 is 22.0. The van der Waals surface area contributed by atoms with Crippen molar-refractivity contribution in [2.45, 2.75) is 44.8 Å². The fourth-order valence-corrected chi connectivity index (χ4v) is 2.96. The predicted molar refractivity (Wildman–Crippen MR) is 103 cm³/mol. The molecule has 0 amide bonds. The molecule has 0 spiro atoms. The molecular formula is C21H26N2O5. The van der Waals surface area contributed by atoms with Gasteiger partial charge in [-0.1, -0.05) is 38.3 Å². The minimum absolute atomic E-state index is 0.0204.